The molecular weight excluding hydrogens is 774 g/mol. The molecule has 1 aromatic heterocycles. The van der Waals surface area contributed by atoms with E-state index in [0.717, 1.165) is 101 Å². The number of hydrogen-bond acceptors (Lipinski definition) is 12. The minimum atomic E-state index is -0.970. The largest absolute Gasteiger partial charge is 0.490 e. The highest BCUT2D eigenvalue weighted by atomic mass is 35.5. The Balaban J connectivity index is 0.700. The summed E-state index contributed by atoms with van der Waals surface area (Å²) in [4.78, 5) is 80.9. The second-order valence-corrected chi connectivity index (χ2v) is 17.2. The molecule has 1 saturated carbocycles. The Morgan fingerprint density at radius 3 is 2.29 bits per heavy atom. The van der Waals surface area contributed by atoms with Gasteiger partial charge in [0.15, 0.2) is 0 Å². The van der Waals surface area contributed by atoms with Gasteiger partial charge in [0, 0.05) is 70.0 Å². The third-order valence-electron chi connectivity index (χ3n) is 13.0. The highest BCUT2D eigenvalue weighted by molar-refractivity contribution is 6.31. The highest BCUT2D eigenvalue weighted by Gasteiger charge is 2.45. The smallest absolute Gasteiger partial charge is 0.271 e. The standard InChI is InChI=1S/C43H46ClN9O6/c44-35-16-32(5-1-26(35)17-45)59-31-6-2-29(3-7-31)48-40(55)36-18-47-38(19-46-36)52-23-27-21-50(22-28(27)24-52)20-25-11-13-51(14-12-25)30-4-8-33-34(15-30)43(58)53(42(33)57)37-9-10-39(54)49-41(37)56/h1,4-5,8,15-16,18-19,25,27-29,31,37H,2-3,6-7,9-14,20-24H2,(H,48,55)(H,49,54,56). The fourth-order valence-corrected chi connectivity index (χ4v) is 10.1. The van der Waals surface area contributed by atoms with E-state index in [9.17, 15) is 24.0 Å². The summed E-state index contributed by atoms with van der Waals surface area (Å²) >= 11 is 6.15. The summed E-state index contributed by atoms with van der Waals surface area (Å²) in [5.41, 5.74) is 2.25. The number of halogens is 1. The van der Waals surface area contributed by atoms with Crippen molar-refractivity contribution in [1.82, 2.24) is 30.4 Å². The van der Waals surface area contributed by atoms with E-state index in [4.69, 9.17) is 21.6 Å². The van der Waals surface area contributed by atoms with Gasteiger partial charge in [-0.1, -0.05) is 11.6 Å². The summed E-state index contributed by atoms with van der Waals surface area (Å²) in [5, 5.41) is 14.8. The van der Waals surface area contributed by atoms with Crippen LogP contribution in [0.25, 0.3) is 0 Å². The normalized spacial score (nSPS) is 26.1. The Hall–Kier alpha value is -5.59. The molecule has 0 bridgehead atoms. The number of aromatic nitrogens is 2. The van der Waals surface area contributed by atoms with E-state index in [1.807, 2.05) is 6.07 Å². The molecule has 5 amide bonds. The molecule has 5 aliphatic heterocycles. The molecule has 2 aromatic carbocycles. The van der Waals surface area contributed by atoms with Crippen LogP contribution in [0.3, 0.4) is 0 Å². The quantitative estimate of drug-likeness (QED) is 0.299. The van der Waals surface area contributed by atoms with Gasteiger partial charge in [0.25, 0.3) is 17.7 Å². The van der Waals surface area contributed by atoms with Crippen LogP contribution >= 0.6 is 11.6 Å². The number of carbonyl (C=O) groups excluding carboxylic acids is 5. The number of ether oxygens (including phenoxy) is 1. The second-order valence-electron chi connectivity index (χ2n) is 16.8. The number of fused-ring (bicyclic) bond motifs is 2. The Morgan fingerprint density at radius 1 is 0.864 bits per heavy atom. The fraction of sp³-hybridized carbons (Fsp3) is 0.488. The molecule has 15 nitrogen and oxygen atoms in total. The fourth-order valence-electron chi connectivity index (χ4n) is 9.86. The van der Waals surface area contributed by atoms with E-state index in [0.29, 0.717) is 50.9 Å². The van der Waals surface area contributed by atoms with Crippen LogP contribution in [0.4, 0.5) is 11.5 Å². The maximum atomic E-state index is 13.3. The number of imide groups is 2. The number of benzene rings is 2. The summed E-state index contributed by atoms with van der Waals surface area (Å²) in [5.74, 6) is 0.950. The average Bonchev–Trinajstić information content (AvgIpc) is 3.88. The zero-order chi connectivity index (χ0) is 40.8. The third kappa shape index (κ3) is 7.95. The van der Waals surface area contributed by atoms with E-state index in [-0.39, 0.29) is 30.9 Å². The van der Waals surface area contributed by atoms with Gasteiger partial charge in [-0.25, -0.2) is 9.97 Å². The number of piperidine rings is 2. The summed E-state index contributed by atoms with van der Waals surface area (Å²) in [6, 6.07) is 11.6. The molecule has 3 atom stereocenters. The van der Waals surface area contributed by atoms with E-state index in [1.54, 1.807) is 42.7 Å². The molecule has 5 fully saturated rings. The molecule has 306 valence electrons. The van der Waals surface area contributed by atoms with Crippen LogP contribution in [0.2, 0.25) is 5.02 Å². The van der Waals surface area contributed by atoms with E-state index in [1.165, 1.54) is 0 Å². The van der Waals surface area contributed by atoms with Crippen LogP contribution < -0.4 is 25.2 Å². The van der Waals surface area contributed by atoms with Crippen molar-refractivity contribution in [2.45, 2.75) is 69.6 Å². The number of nitrogens with zero attached hydrogens (tertiary/aromatic N) is 7. The molecule has 59 heavy (non-hydrogen) atoms. The van der Waals surface area contributed by atoms with Crippen LogP contribution in [0.15, 0.2) is 48.8 Å². The first-order valence-electron chi connectivity index (χ1n) is 20.7. The predicted molar refractivity (Wildman–Crippen MR) is 216 cm³/mol. The Morgan fingerprint density at radius 2 is 1.61 bits per heavy atom. The predicted octanol–water partition coefficient (Wildman–Crippen LogP) is 3.81. The topological polar surface area (TPSA) is 181 Å². The maximum absolute atomic E-state index is 13.3. The molecule has 4 saturated heterocycles. The molecule has 0 radical (unpaired) electrons. The molecule has 9 rings (SSSR count). The van der Waals surface area contributed by atoms with Crippen LogP contribution in [-0.2, 0) is 9.59 Å². The number of carbonyl (C=O) groups is 5. The zero-order valence-corrected chi connectivity index (χ0v) is 33.4. The summed E-state index contributed by atoms with van der Waals surface area (Å²) in [6.07, 6.45) is 8.79. The number of nitrogens with one attached hydrogen (secondary N) is 2. The molecule has 1 aliphatic carbocycles. The number of anilines is 2. The van der Waals surface area contributed by atoms with Crippen LogP contribution in [-0.4, -0.2) is 113 Å². The lowest BCUT2D eigenvalue weighted by atomic mass is 9.93. The molecule has 0 spiro atoms. The zero-order valence-electron chi connectivity index (χ0n) is 32.6. The van der Waals surface area contributed by atoms with Gasteiger partial charge in [0.05, 0.1) is 40.2 Å². The van der Waals surface area contributed by atoms with Crippen molar-refractivity contribution in [1.29, 1.82) is 5.26 Å². The molecule has 3 aromatic rings. The van der Waals surface area contributed by atoms with Gasteiger partial charge in [-0.15, -0.1) is 0 Å². The number of likely N-dealkylation sites (tertiary alicyclic amines) is 1. The van der Waals surface area contributed by atoms with E-state index < -0.39 is 29.7 Å². The van der Waals surface area contributed by atoms with Crippen LogP contribution in [0.1, 0.15) is 88.1 Å². The van der Waals surface area contributed by atoms with Crippen molar-refractivity contribution in [3.63, 3.8) is 0 Å². The number of amides is 5. The number of rotatable bonds is 9. The number of nitriles is 1. The van der Waals surface area contributed by atoms with Crippen LogP contribution in [0.5, 0.6) is 5.75 Å². The Kier molecular flexibility index (Phi) is 10.7. The van der Waals surface area contributed by atoms with E-state index >= 15 is 0 Å². The first kappa shape index (κ1) is 38.9. The molecule has 6 heterocycles. The van der Waals surface area contributed by atoms with Gasteiger partial charge in [0.1, 0.15) is 29.4 Å². The van der Waals surface area contributed by atoms with Crippen molar-refractivity contribution in [2.24, 2.45) is 17.8 Å². The Labute approximate surface area is 347 Å². The first-order chi connectivity index (χ1) is 28.6. The van der Waals surface area contributed by atoms with E-state index in [2.05, 4.69) is 41.4 Å². The lowest BCUT2D eigenvalue weighted by molar-refractivity contribution is -0.136. The van der Waals surface area contributed by atoms with Gasteiger partial charge < -0.3 is 24.8 Å². The van der Waals surface area contributed by atoms with Gasteiger partial charge >= 0.3 is 0 Å². The minimum Gasteiger partial charge on any atom is -0.490 e. The van der Waals surface area contributed by atoms with Crippen molar-refractivity contribution in [3.05, 3.63) is 76.2 Å². The lowest BCUT2D eigenvalue weighted by Gasteiger charge is -2.35. The minimum absolute atomic E-state index is 0.0221. The summed E-state index contributed by atoms with van der Waals surface area (Å²) in [6.45, 7) is 6.71. The molecule has 2 N–H and O–H groups in total. The third-order valence-corrected chi connectivity index (χ3v) is 13.4. The van der Waals surface area contributed by atoms with Crippen molar-refractivity contribution < 1.29 is 28.7 Å². The second kappa shape index (κ2) is 16.2. The van der Waals surface area contributed by atoms with Gasteiger partial charge in [-0.05, 0) is 93.0 Å². The van der Waals surface area contributed by atoms with Crippen molar-refractivity contribution in [2.75, 3.05) is 55.6 Å². The molecule has 6 aliphatic rings. The molecule has 16 heteroatoms. The van der Waals surface area contributed by atoms with Crippen molar-refractivity contribution >= 4 is 52.6 Å². The molecule has 3 unspecified atom stereocenters. The monoisotopic (exact) mass is 819 g/mol. The van der Waals surface area contributed by atoms with Gasteiger partial charge in [0.2, 0.25) is 11.8 Å². The lowest BCUT2D eigenvalue weighted by Crippen LogP contribution is -2.54. The SMILES string of the molecule is N#Cc1ccc(OC2CCC(NC(=O)c3cnc(N4CC5CN(CC6CCN(c7ccc8c(c7)C(=O)N(C7CCC(=O)NC7=O)C8=O)CC6)CC5C4)cn3)CC2)cc1Cl. The summed E-state index contributed by atoms with van der Waals surface area (Å²) < 4.78 is 6.09. The Bertz CT molecular complexity index is 2200. The summed E-state index contributed by atoms with van der Waals surface area (Å²) in [7, 11) is 0. The maximum Gasteiger partial charge on any atom is 0.271 e. The average molecular weight is 820 g/mol. The van der Waals surface area contributed by atoms with Gasteiger partial charge in [-0.3, -0.25) is 34.2 Å². The number of hydrogen-bond donors (Lipinski definition) is 2. The van der Waals surface area contributed by atoms with Crippen molar-refractivity contribution in [3.8, 4) is 11.8 Å². The van der Waals surface area contributed by atoms with Gasteiger partial charge in [-0.2, -0.15) is 5.26 Å². The first-order valence-corrected chi connectivity index (χ1v) is 21.0. The molecular formula is C43H46ClN9O6. The highest BCUT2D eigenvalue weighted by Crippen LogP contribution is 2.36. The van der Waals surface area contributed by atoms with Crippen LogP contribution in [0, 0.1) is 29.1 Å².